The van der Waals surface area contributed by atoms with Crippen molar-refractivity contribution < 1.29 is 17.9 Å². The van der Waals surface area contributed by atoms with E-state index in [4.69, 9.17) is 4.74 Å². The summed E-state index contributed by atoms with van der Waals surface area (Å²) in [7, 11) is -1.88. The third kappa shape index (κ3) is 3.51. The number of sulfone groups is 1. The number of halogens is 1. The molecule has 0 fully saturated rings. The van der Waals surface area contributed by atoms with Crippen molar-refractivity contribution in [2.24, 2.45) is 0 Å². The molecule has 6 heteroatoms. The number of ketones is 1. The Balaban J connectivity index is 2.53. The van der Waals surface area contributed by atoms with Crippen LogP contribution in [-0.4, -0.2) is 27.6 Å². The van der Waals surface area contributed by atoms with E-state index in [1.54, 1.807) is 30.3 Å². The Bertz CT molecular complexity index is 797. The van der Waals surface area contributed by atoms with Crippen molar-refractivity contribution in [2.45, 2.75) is 4.90 Å². The maximum absolute atomic E-state index is 12.6. The molecule has 0 atom stereocenters. The van der Waals surface area contributed by atoms with Crippen molar-refractivity contribution in [1.29, 1.82) is 0 Å². The molecule has 0 unspecified atom stereocenters. The molecule has 110 valence electrons. The Morgan fingerprint density at radius 1 is 1.14 bits per heavy atom. The first-order chi connectivity index (χ1) is 9.82. The number of methoxy groups -OCH3 is 1. The molecule has 0 saturated heterocycles. The van der Waals surface area contributed by atoms with E-state index >= 15 is 0 Å². The molecule has 2 rings (SSSR count). The van der Waals surface area contributed by atoms with E-state index < -0.39 is 9.84 Å². The second-order valence-corrected chi connectivity index (χ2v) is 7.41. The molecule has 0 radical (unpaired) electrons. The van der Waals surface area contributed by atoms with Gasteiger partial charge in [0.25, 0.3) is 0 Å². The van der Waals surface area contributed by atoms with Gasteiger partial charge in [0.15, 0.2) is 15.6 Å². The fraction of sp³-hybridized carbons (Fsp3) is 0.133. The number of carbonyl (C=O) groups excluding carboxylic acids is 1. The Hall–Kier alpha value is -1.66. The normalized spacial score (nSPS) is 11.2. The summed E-state index contributed by atoms with van der Waals surface area (Å²) in [6, 6.07) is 11.1. The van der Waals surface area contributed by atoms with E-state index in [1.165, 1.54) is 19.2 Å². The molecule has 0 aliphatic rings. The molecule has 0 N–H and O–H groups in total. The Labute approximate surface area is 131 Å². The van der Waals surface area contributed by atoms with Gasteiger partial charge in [-0.1, -0.05) is 28.1 Å². The van der Waals surface area contributed by atoms with Crippen molar-refractivity contribution in [3.63, 3.8) is 0 Å². The average molecular weight is 369 g/mol. The SMILES string of the molecule is COc1ccc(Br)cc1C(=O)c1cccc(S(C)(=O)=O)c1. The van der Waals surface area contributed by atoms with Crippen LogP contribution >= 0.6 is 15.9 Å². The number of benzene rings is 2. The van der Waals surface area contributed by atoms with Crippen LogP contribution in [0, 0.1) is 0 Å². The zero-order valence-electron chi connectivity index (χ0n) is 11.5. The quantitative estimate of drug-likeness (QED) is 0.778. The highest BCUT2D eigenvalue weighted by Gasteiger charge is 2.17. The maximum atomic E-state index is 12.6. The topological polar surface area (TPSA) is 60.4 Å². The van der Waals surface area contributed by atoms with Gasteiger partial charge < -0.3 is 4.74 Å². The molecular formula is C15H13BrO4S. The number of hydrogen-bond donors (Lipinski definition) is 0. The van der Waals surface area contributed by atoms with Gasteiger partial charge in [0.2, 0.25) is 0 Å². The van der Waals surface area contributed by atoms with E-state index in [1.807, 2.05) is 0 Å². The molecule has 0 aliphatic heterocycles. The molecule has 0 amide bonds. The van der Waals surface area contributed by atoms with Gasteiger partial charge in [0.05, 0.1) is 17.6 Å². The van der Waals surface area contributed by atoms with Crippen molar-refractivity contribution >= 4 is 31.6 Å². The van der Waals surface area contributed by atoms with Gasteiger partial charge >= 0.3 is 0 Å². The predicted octanol–water partition coefficient (Wildman–Crippen LogP) is 3.09. The smallest absolute Gasteiger partial charge is 0.196 e. The summed E-state index contributed by atoms with van der Waals surface area (Å²) in [5.74, 6) is 0.145. The van der Waals surface area contributed by atoms with E-state index in [-0.39, 0.29) is 10.7 Å². The van der Waals surface area contributed by atoms with Crippen LogP contribution in [0.1, 0.15) is 15.9 Å². The van der Waals surface area contributed by atoms with Crippen LogP contribution < -0.4 is 4.74 Å². The van der Waals surface area contributed by atoms with Crippen LogP contribution in [0.2, 0.25) is 0 Å². The van der Waals surface area contributed by atoms with Gasteiger partial charge in [0.1, 0.15) is 5.75 Å². The first kappa shape index (κ1) is 15.7. The maximum Gasteiger partial charge on any atom is 0.196 e. The van der Waals surface area contributed by atoms with Crippen molar-refractivity contribution in [1.82, 2.24) is 0 Å². The summed E-state index contributed by atoms with van der Waals surface area (Å²) in [6.45, 7) is 0. The van der Waals surface area contributed by atoms with Crippen LogP contribution in [0.15, 0.2) is 51.8 Å². The lowest BCUT2D eigenvalue weighted by molar-refractivity contribution is 0.103. The van der Waals surface area contributed by atoms with Crippen LogP contribution in [-0.2, 0) is 9.84 Å². The first-order valence-corrected chi connectivity index (χ1v) is 8.69. The highest BCUT2D eigenvalue weighted by Crippen LogP contribution is 2.26. The van der Waals surface area contributed by atoms with Gasteiger partial charge in [-0.3, -0.25) is 4.79 Å². The van der Waals surface area contributed by atoms with Crippen LogP contribution in [0.4, 0.5) is 0 Å². The molecule has 0 saturated carbocycles. The lowest BCUT2D eigenvalue weighted by Crippen LogP contribution is -2.06. The van der Waals surface area contributed by atoms with Crippen molar-refractivity contribution in [3.05, 3.63) is 58.1 Å². The van der Waals surface area contributed by atoms with E-state index in [2.05, 4.69) is 15.9 Å². The van der Waals surface area contributed by atoms with Crippen molar-refractivity contribution in [3.8, 4) is 5.75 Å². The fourth-order valence-electron chi connectivity index (χ4n) is 1.88. The summed E-state index contributed by atoms with van der Waals surface area (Å²) >= 11 is 3.31. The van der Waals surface area contributed by atoms with Crippen molar-refractivity contribution in [2.75, 3.05) is 13.4 Å². The number of hydrogen-bond acceptors (Lipinski definition) is 4. The Kier molecular flexibility index (Phi) is 4.49. The summed E-state index contributed by atoms with van der Waals surface area (Å²) in [4.78, 5) is 12.7. The van der Waals surface area contributed by atoms with Gasteiger partial charge in [-0.05, 0) is 30.3 Å². The summed E-state index contributed by atoms with van der Waals surface area (Å²) in [5.41, 5.74) is 0.673. The first-order valence-electron chi connectivity index (χ1n) is 6.01. The minimum atomic E-state index is -3.36. The monoisotopic (exact) mass is 368 g/mol. The van der Waals surface area contributed by atoms with Gasteiger partial charge in [-0.15, -0.1) is 0 Å². The van der Waals surface area contributed by atoms with Gasteiger partial charge in [-0.25, -0.2) is 8.42 Å². The van der Waals surface area contributed by atoms with Gasteiger partial charge in [-0.2, -0.15) is 0 Å². The largest absolute Gasteiger partial charge is 0.496 e. The number of rotatable bonds is 4. The molecule has 0 bridgehead atoms. The molecule has 21 heavy (non-hydrogen) atoms. The average Bonchev–Trinajstić information content (AvgIpc) is 2.45. The van der Waals surface area contributed by atoms with Gasteiger partial charge in [0, 0.05) is 16.3 Å². The summed E-state index contributed by atoms with van der Waals surface area (Å²) in [5, 5.41) is 0. The molecule has 0 aromatic heterocycles. The van der Waals surface area contributed by atoms with E-state index in [9.17, 15) is 13.2 Å². The van der Waals surface area contributed by atoms with Crippen LogP contribution in [0.3, 0.4) is 0 Å². The molecular weight excluding hydrogens is 356 g/mol. The summed E-state index contributed by atoms with van der Waals surface area (Å²) < 4.78 is 29.1. The number of ether oxygens (including phenoxy) is 1. The molecule has 0 spiro atoms. The highest BCUT2D eigenvalue weighted by molar-refractivity contribution is 9.10. The Morgan fingerprint density at radius 2 is 1.86 bits per heavy atom. The van der Waals surface area contributed by atoms with Crippen LogP contribution in [0.25, 0.3) is 0 Å². The third-order valence-electron chi connectivity index (χ3n) is 2.93. The standard InChI is InChI=1S/C15H13BrO4S/c1-20-14-7-6-11(16)9-13(14)15(17)10-4-3-5-12(8-10)21(2,18)19/h3-9H,1-2H3. The lowest BCUT2D eigenvalue weighted by Gasteiger charge is -2.09. The summed E-state index contributed by atoms with van der Waals surface area (Å²) in [6.07, 6.45) is 1.11. The highest BCUT2D eigenvalue weighted by atomic mass is 79.9. The zero-order chi connectivity index (χ0) is 15.6. The van der Waals surface area contributed by atoms with E-state index in [0.717, 1.165) is 10.7 Å². The van der Waals surface area contributed by atoms with E-state index in [0.29, 0.717) is 16.9 Å². The van der Waals surface area contributed by atoms with Crippen LogP contribution in [0.5, 0.6) is 5.75 Å². The molecule has 0 heterocycles. The minimum Gasteiger partial charge on any atom is -0.496 e. The third-order valence-corrected chi connectivity index (χ3v) is 4.53. The Morgan fingerprint density at radius 3 is 2.48 bits per heavy atom. The second-order valence-electron chi connectivity index (χ2n) is 4.47. The molecule has 2 aromatic carbocycles. The lowest BCUT2D eigenvalue weighted by atomic mass is 10.0. The fourth-order valence-corrected chi connectivity index (χ4v) is 2.91. The predicted molar refractivity (Wildman–Crippen MR) is 83.7 cm³/mol. The molecule has 2 aromatic rings. The zero-order valence-corrected chi connectivity index (χ0v) is 13.9. The minimum absolute atomic E-state index is 0.113. The second kappa shape index (κ2) is 5.99. The number of carbonyl (C=O) groups is 1. The molecule has 0 aliphatic carbocycles. The molecule has 4 nitrogen and oxygen atoms in total.